The lowest BCUT2D eigenvalue weighted by Crippen LogP contribution is -2.45. The van der Waals surface area contributed by atoms with Crippen LogP contribution in [-0.4, -0.2) is 48.0 Å². The monoisotopic (exact) mass is 212 g/mol. The fourth-order valence-electron chi connectivity index (χ4n) is 1.73. The van der Waals surface area contributed by atoms with Crippen molar-refractivity contribution >= 4 is 0 Å². The van der Waals surface area contributed by atoms with E-state index < -0.39 is 12.3 Å². The highest BCUT2D eigenvalue weighted by atomic mass is 19.4. The minimum atomic E-state index is -4.53. The number of rotatable bonds is 3. The molecule has 0 aromatic rings. The molecule has 1 saturated heterocycles. The Morgan fingerprint density at radius 1 is 1.50 bits per heavy atom. The van der Waals surface area contributed by atoms with Gasteiger partial charge in [0.2, 0.25) is 0 Å². The Labute approximate surface area is 80.7 Å². The summed E-state index contributed by atoms with van der Waals surface area (Å²) in [5.74, 6) is 0. The van der Waals surface area contributed by atoms with Gasteiger partial charge in [-0.2, -0.15) is 13.2 Å². The molecule has 2 unspecified atom stereocenters. The van der Waals surface area contributed by atoms with Crippen LogP contribution in [0.5, 0.6) is 0 Å². The molecule has 0 aromatic heterocycles. The van der Waals surface area contributed by atoms with E-state index in [0.29, 0.717) is 13.1 Å². The van der Waals surface area contributed by atoms with Crippen LogP contribution in [0.15, 0.2) is 0 Å². The Bertz CT molecular complexity index is 186. The zero-order valence-electron chi connectivity index (χ0n) is 7.80. The molecular weight excluding hydrogens is 197 g/mol. The number of aliphatic hydroxyl groups is 1. The molecule has 6 heteroatoms. The van der Waals surface area contributed by atoms with Crippen molar-refractivity contribution in [3.05, 3.63) is 0 Å². The normalized spacial score (nSPS) is 26.8. The molecule has 0 saturated carbocycles. The molecule has 1 fully saturated rings. The van der Waals surface area contributed by atoms with Gasteiger partial charge < -0.3 is 10.8 Å². The number of β-amino-alcohol motifs (C(OH)–C–C–N with tert-alkyl or cyclic N) is 1. The Morgan fingerprint density at radius 2 is 2.14 bits per heavy atom. The Morgan fingerprint density at radius 3 is 2.64 bits per heavy atom. The van der Waals surface area contributed by atoms with Gasteiger partial charge in [-0.1, -0.05) is 0 Å². The van der Waals surface area contributed by atoms with E-state index in [9.17, 15) is 13.2 Å². The molecular formula is C8H15F3N2O. The summed E-state index contributed by atoms with van der Waals surface area (Å²) in [5.41, 5.74) is 5.40. The van der Waals surface area contributed by atoms with E-state index in [1.54, 1.807) is 4.90 Å². The number of nitrogens with zero attached hydrogens (tertiary/aromatic N) is 1. The molecule has 1 rings (SSSR count). The first-order chi connectivity index (χ1) is 6.45. The lowest BCUT2D eigenvalue weighted by atomic mass is 10.2. The van der Waals surface area contributed by atoms with Gasteiger partial charge in [0.25, 0.3) is 0 Å². The van der Waals surface area contributed by atoms with Crippen molar-refractivity contribution in [2.24, 2.45) is 5.73 Å². The number of likely N-dealkylation sites (tertiary alicyclic amines) is 1. The first-order valence-corrected chi connectivity index (χ1v) is 4.64. The topological polar surface area (TPSA) is 49.5 Å². The fourth-order valence-corrected chi connectivity index (χ4v) is 1.73. The predicted molar refractivity (Wildman–Crippen MR) is 45.7 cm³/mol. The van der Waals surface area contributed by atoms with Crippen molar-refractivity contribution in [3.8, 4) is 0 Å². The first kappa shape index (κ1) is 11.7. The van der Waals surface area contributed by atoms with Crippen molar-refractivity contribution < 1.29 is 18.3 Å². The molecule has 0 amide bonds. The minimum Gasteiger partial charge on any atom is -0.382 e. The standard InChI is InChI=1S/C8H15F3N2O/c9-8(10,11)7(14)5-13-3-1-2-6(13)4-12/h6-7,14H,1-5,12H2. The minimum absolute atomic E-state index is 0.00741. The van der Waals surface area contributed by atoms with Crippen LogP contribution in [0.1, 0.15) is 12.8 Å². The van der Waals surface area contributed by atoms with Crippen LogP contribution >= 0.6 is 0 Å². The van der Waals surface area contributed by atoms with Crippen molar-refractivity contribution in [2.45, 2.75) is 31.2 Å². The summed E-state index contributed by atoms with van der Waals surface area (Å²) in [6, 6.07) is -0.00741. The molecule has 3 nitrogen and oxygen atoms in total. The Hall–Kier alpha value is -0.330. The maximum atomic E-state index is 12.0. The van der Waals surface area contributed by atoms with Crippen molar-refractivity contribution in [1.29, 1.82) is 0 Å². The Kier molecular flexibility index (Phi) is 3.74. The smallest absolute Gasteiger partial charge is 0.382 e. The number of alkyl halides is 3. The fraction of sp³-hybridized carbons (Fsp3) is 1.00. The van der Waals surface area contributed by atoms with Crippen LogP contribution in [0.4, 0.5) is 13.2 Å². The van der Waals surface area contributed by atoms with Crippen LogP contribution in [0, 0.1) is 0 Å². The van der Waals surface area contributed by atoms with Crippen LogP contribution in [-0.2, 0) is 0 Å². The van der Waals surface area contributed by atoms with Crippen molar-refractivity contribution in [2.75, 3.05) is 19.6 Å². The quantitative estimate of drug-likeness (QED) is 0.709. The van der Waals surface area contributed by atoms with Crippen LogP contribution in [0.2, 0.25) is 0 Å². The van der Waals surface area contributed by atoms with Gasteiger partial charge in [0.05, 0.1) is 0 Å². The molecule has 1 aliphatic rings. The molecule has 0 spiro atoms. The van der Waals surface area contributed by atoms with E-state index in [4.69, 9.17) is 10.8 Å². The van der Waals surface area contributed by atoms with E-state index >= 15 is 0 Å². The molecule has 2 atom stereocenters. The van der Waals surface area contributed by atoms with E-state index in [0.717, 1.165) is 12.8 Å². The average Bonchev–Trinajstić information content (AvgIpc) is 2.50. The highest BCUT2D eigenvalue weighted by molar-refractivity contribution is 4.83. The summed E-state index contributed by atoms with van der Waals surface area (Å²) in [6.45, 7) is 0.588. The highest BCUT2D eigenvalue weighted by Crippen LogP contribution is 2.23. The molecule has 1 heterocycles. The molecule has 14 heavy (non-hydrogen) atoms. The predicted octanol–water partition coefficient (Wildman–Crippen LogP) is 0.333. The molecule has 0 bridgehead atoms. The second-order valence-electron chi connectivity index (χ2n) is 3.58. The maximum absolute atomic E-state index is 12.0. The Balaban J connectivity index is 2.43. The van der Waals surface area contributed by atoms with Gasteiger partial charge in [-0.15, -0.1) is 0 Å². The summed E-state index contributed by atoms with van der Waals surface area (Å²) in [7, 11) is 0. The van der Waals surface area contributed by atoms with Gasteiger partial charge >= 0.3 is 6.18 Å². The summed E-state index contributed by atoms with van der Waals surface area (Å²) >= 11 is 0. The molecule has 0 aliphatic carbocycles. The van der Waals surface area contributed by atoms with Crippen LogP contribution in [0.25, 0.3) is 0 Å². The van der Waals surface area contributed by atoms with Crippen LogP contribution < -0.4 is 5.73 Å². The summed E-state index contributed by atoms with van der Waals surface area (Å²) in [5, 5.41) is 8.85. The highest BCUT2D eigenvalue weighted by Gasteiger charge is 2.40. The van der Waals surface area contributed by atoms with Gasteiger partial charge in [0.1, 0.15) is 0 Å². The second-order valence-corrected chi connectivity index (χ2v) is 3.58. The molecule has 1 aliphatic heterocycles. The summed E-state index contributed by atoms with van der Waals surface area (Å²) in [6.07, 6.45) is -5.11. The van der Waals surface area contributed by atoms with Gasteiger partial charge in [-0.3, -0.25) is 4.90 Å². The molecule has 3 N–H and O–H groups in total. The number of hydrogen-bond donors (Lipinski definition) is 2. The van der Waals surface area contributed by atoms with E-state index in [1.165, 1.54) is 0 Å². The van der Waals surface area contributed by atoms with Crippen LogP contribution in [0.3, 0.4) is 0 Å². The zero-order chi connectivity index (χ0) is 10.8. The SMILES string of the molecule is NCC1CCCN1CC(O)C(F)(F)F. The number of halogens is 3. The second kappa shape index (κ2) is 4.46. The summed E-state index contributed by atoms with van der Waals surface area (Å²) < 4.78 is 36.1. The van der Waals surface area contributed by atoms with E-state index in [1.807, 2.05) is 0 Å². The van der Waals surface area contributed by atoms with Gasteiger partial charge in [0.15, 0.2) is 6.10 Å². The lowest BCUT2D eigenvalue weighted by Gasteiger charge is -2.26. The molecule has 0 radical (unpaired) electrons. The molecule has 0 aromatic carbocycles. The van der Waals surface area contributed by atoms with E-state index in [-0.39, 0.29) is 12.6 Å². The third kappa shape index (κ3) is 2.83. The molecule has 84 valence electrons. The van der Waals surface area contributed by atoms with Crippen molar-refractivity contribution in [3.63, 3.8) is 0 Å². The zero-order valence-corrected chi connectivity index (χ0v) is 7.80. The third-order valence-electron chi connectivity index (χ3n) is 2.56. The van der Waals surface area contributed by atoms with E-state index in [2.05, 4.69) is 0 Å². The van der Waals surface area contributed by atoms with Gasteiger partial charge in [0, 0.05) is 19.1 Å². The number of aliphatic hydroxyl groups excluding tert-OH is 1. The summed E-state index contributed by atoms with van der Waals surface area (Å²) in [4.78, 5) is 1.61. The van der Waals surface area contributed by atoms with Gasteiger partial charge in [-0.25, -0.2) is 0 Å². The maximum Gasteiger partial charge on any atom is 0.415 e. The number of nitrogens with two attached hydrogens (primary N) is 1. The average molecular weight is 212 g/mol. The third-order valence-corrected chi connectivity index (χ3v) is 2.56. The largest absolute Gasteiger partial charge is 0.415 e. The van der Waals surface area contributed by atoms with Gasteiger partial charge in [-0.05, 0) is 19.4 Å². The van der Waals surface area contributed by atoms with Crippen molar-refractivity contribution in [1.82, 2.24) is 4.90 Å². The number of hydrogen-bond acceptors (Lipinski definition) is 3. The first-order valence-electron chi connectivity index (χ1n) is 4.64. The lowest BCUT2D eigenvalue weighted by molar-refractivity contribution is -0.208.